The molecule has 1 saturated heterocycles. The van der Waals surface area contributed by atoms with E-state index >= 15 is 0 Å². The SMILES string of the molecule is O=C(Cn1nc2c(c1NC(=O)c1cc(C(F)(F)F)cc(C(F)(F)F)c1)CSC2)NCC1CCCO1. The van der Waals surface area contributed by atoms with Crippen LogP contribution < -0.4 is 10.6 Å². The summed E-state index contributed by atoms with van der Waals surface area (Å²) in [7, 11) is 0. The lowest BCUT2D eigenvalue weighted by molar-refractivity contribution is -0.143. The third-order valence-corrected chi connectivity index (χ3v) is 6.52. The van der Waals surface area contributed by atoms with Crippen LogP contribution in [0.25, 0.3) is 0 Å². The smallest absolute Gasteiger partial charge is 0.376 e. The molecule has 1 aromatic carbocycles. The van der Waals surface area contributed by atoms with Crippen molar-refractivity contribution in [3.8, 4) is 0 Å². The van der Waals surface area contributed by atoms with E-state index in [2.05, 4.69) is 15.7 Å². The van der Waals surface area contributed by atoms with Gasteiger partial charge in [-0.05, 0) is 31.0 Å². The Hall–Kier alpha value is -2.74. The Morgan fingerprint density at radius 2 is 1.77 bits per heavy atom. The van der Waals surface area contributed by atoms with Gasteiger partial charge in [0.2, 0.25) is 5.91 Å². The lowest BCUT2D eigenvalue weighted by Gasteiger charge is -2.15. The molecule has 0 spiro atoms. The van der Waals surface area contributed by atoms with Crippen LogP contribution in [0.4, 0.5) is 32.2 Å². The summed E-state index contributed by atoms with van der Waals surface area (Å²) in [5.74, 6) is -0.637. The van der Waals surface area contributed by atoms with Crippen LogP contribution in [0.2, 0.25) is 0 Å². The Kier molecular flexibility index (Phi) is 7.04. The number of nitrogens with one attached hydrogen (secondary N) is 2. The molecule has 2 aliphatic heterocycles. The zero-order valence-electron chi connectivity index (χ0n) is 18.1. The number of anilines is 1. The van der Waals surface area contributed by atoms with Crippen LogP contribution in [0.3, 0.4) is 0 Å². The van der Waals surface area contributed by atoms with Crippen LogP contribution in [0, 0.1) is 0 Å². The third kappa shape index (κ3) is 5.92. The van der Waals surface area contributed by atoms with Gasteiger partial charge in [-0.1, -0.05) is 0 Å². The van der Waals surface area contributed by atoms with Gasteiger partial charge in [-0.2, -0.15) is 43.2 Å². The van der Waals surface area contributed by atoms with Crippen molar-refractivity contribution in [1.29, 1.82) is 0 Å². The van der Waals surface area contributed by atoms with Crippen LogP contribution in [0.1, 0.15) is 45.6 Å². The number of hydrogen-bond acceptors (Lipinski definition) is 5. The van der Waals surface area contributed by atoms with Gasteiger partial charge < -0.3 is 15.4 Å². The van der Waals surface area contributed by atoms with E-state index in [1.807, 2.05) is 0 Å². The van der Waals surface area contributed by atoms with Gasteiger partial charge in [0.1, 0.15) is 12.4 Å². The van der Waals surface area contributed by atoms with Crippen LogP contribution in [0.15, 0.2) is 18.2 Å². The molecule has 14 heteroatoms. The van der Waals surface area contributed by atoms with E-state index in [9.17, 15) is 35.9 Å². The van der Waals surface area contributed by atoms with Crippen molar-refractivity contribution in [3.05, 3.63) is 46.1 Å². The Morgan fingerprint density at radius 1 is 1.09 bits per heavy atom. The first kappa shape index (κ1) is 25.4. The Morgan fingerprint density at radius 3 is 2.37 bits per heavy atom. The Balaban J connectivity index is 1.57. The molecule has 2 N–H and O–H groups in total. The number of aromatic nitrogens is 2. The van der Waals surface area contributed by atoms with Gasteiger partial charge in [0.25, 0.3) is 5.91 Å². The van der Waals surface area contributed by atoms with Gasteiger partial charge in [-0.25, -0.2) is 4.68 Å². The fraction of sp³-hybridized carbons (Fsp3) is 0.476. The van der Waals surface area contributed by atoms with Gasteiger partial charge in [0.15, 0.2) is 0 Å². The fourth-order valence-electron chi connectivity index (χ4n) is 3.81. The third-order valence-electron chi connectivity index (χ3n) is 5.54. The van der Waals surface area contributed by atoms with E-state index < -0.39 is 40.9 Å². The molecule has 2 amide bonds. The van der Waals surface area contributed by atoms with Crippen molar-refractivity contribution in [1.82, 2.24) is 15.1 Å². The van der Waals surface area contributed by atoms with Gasteiger partial charge in [-0.3, -0.25) is 9.59 Å². The summed E-state index contributed by atoms with van der Waals surface area (Å²) < 4.78 is 85.7. The van der Waals surface area contributed by atoms with E-state index in [4.69, 9.17) is 4.74 Å². The average molecular weight is 522 g/mol. The van der Waals surface area contributed by atoms with Crippen molar-refractivity contribution < 1.29 is 40.7 Å². The highest BCUT2D eigenvalue weighted by Crippen LogP contribution is 2.38. The highest BCUT2D eigenvalue weighted by Gasteiger charge is 2.38. The topological polar surface area (TPSA) is 85.2 Å². The van der Waals surface area contributed by atoms with Crippen LogP contribution >= 0.6 is 11.8 Å². The number of halogens is 6. The summed E-state index contributed by atoms with van der Waals surface area (Å²) in [6.45, 7) is 0.615. The number of nitrogens with zero attached hydrogens (tertiary/aromatic N) is 2. The predicted octanol–water partition coefficient (Wildman–Crippen LogP) is 4.22. The van der Waals surface area contributed by atoms with E-state index in [1.54, 1.807) is 0 Å². The molecule has 1 unspecified atom stereocenters. The summed E-state index contributed by atoms with van der Waals surface area (Å²) in [6, 6.07) is 0.664. The maximum Gasteiger partial charge on any atom is 0.416 e. The standard InChI is InChI=1S/C21H20F6N4O3S/c22-20(23,24)12-4-11(5-13(6-12)21(25,26)27)19(33)29-18-15-9-35-10-16(15)30-31(18)8-17(32)28-7-14-2-1-3-34-14/h4-6,14H,1-3,7-10H2,(H,28,32)(H,29,33). The minimum atomic E-state index is -5.09. The van der Waals surface area contributed by atoms with Crippen LogP contribution in [-0.4, -0.2) is 40.9 Å². The predicted molar refractivity (Wildman–Crippen MR) is 114 cm³/mol. The van der Waals surface area contributed by atoms with Gasteiger partial charge in [0, 0.05) is 35.8 Å². The van der Waals surface area contributed by atoms with Crippen molar-refractivity contribution in [2.75, 3.05) is 18.5 Å². The van der Waals surface area contributed by atoms with Gasteiger partial charge in [0.05, 0.1) is 22.9 Å². The fourth-order valence-corrected chi connectivity index (χ4v) is 4.85. The van der Waals surface area contributed by atoms with Crippen LogP contribution in [0.5, 0.6) is 0 Å². The maximum absolute atomic E-state index is 13.2. The number of alkyl halides is 6. The minimum Gasteiger partial charge on any atom is -0.376 e. The number of amides is 2. The number of rotatable bonds is 6. The van der Waals surface area contributed by atoms with Crippen molar-refractivity contribution in [2.45, 2.75) is 49.3 Å². The number of carbonyl (C=O) groups excluding carboxylic acids is 2. The molecule has 1 fully saturated rings. The first-order valence-corrected chi connectivity index (χ1v) is 11.7. The van der Waals surface area contributed by atoms with E-state index in [0.717, 1.165) is 12.8 Å². The molecule has 35 heavy (non-hydrogen) atoms. The van der Waals surface area contributed by atoms with E-state index in [1.165, 1.54) is 16.4 Å². The first-order chi connectivity index (χ1) is 16.4. The molecule has 2 aliphatic rings. The molecular formula is C21H20F6N4O3S. The second-order valence-corrected chi connectivity index (χ2v) is 9.10. The van der Waals surface area contributed by atoms with Crippen LogP contribution in [-0.2, 0) is 39.9 Å². The largest absolute Gasteiger partial charge is 0.416 e. The average Bonchev–Trinajstić information content (AvgIpc) is 3.51. The second kappa shape index (κ2) is 9.72. The highest BCUT2D eigenvalue weighted by atomic mass is 32.2. The van der Waals surface area contributed by atoms with Crippen molar-refractivity contribution in [2.24, 2.45) is 0 Å². The number of benzene rings is 1. The molecule has 1 atom stereocenters. The minimum absolute atomic E-state index is 0.0478. The summed E-state index contributed by atoms with van der Waals surface area (Å²) in [5, 5.41) is 9.38. The van der Waals surface area contributed by atoms with E-state index in [-0.39, 0.29) is 24.5 Å². The molecule has 7 nitrogen and oxygen atoms in total. The molecule has 2 aromatic rings. The maximum atomic E-state index is 13.2. The zero-order valence-corrected chi connectivity index (χ0v) is 18.9. The molecule has 1 aromatic heterocycles. The molecule has 0 aliphatic carbocycles. The van der Waals surface area contributed by atoms with Crippen molar-refractivity contribution >= 4 is 29.4 Å². The molecular weight excluding hydrogens is 502 g/mol. The van der Waals surface area contributed by atoms with Crippen molar-refractivity contribution in [3.63, 3.8) is 0 Å². The first-order valence-electron chi connectivity index (χ1n) is 10.6. The summed E-state index contributed by atoms with van der Waals surface area (Å²) in [6.07, 6.45) is -8.56. The number of ether oxygens (including phenoxy) is 1. The van der Waals surface area contributed by atoms with Gasteiger partial charge >= 0.3 is 12.4 Å². The van der Waals surface area contributed by atoms with Gasteiger partial charge in [-0.15, -0.1) is 0 Å². The Labute approximate surface area is 199 Å². The number of thioether (sulfide) groups is 1. The highest BCUT2D eigenvalue weighted by molar-refractivity contribution is 7.98. The lowest BCUT2D eigenvalue weighted by atomic mass is 10.0. The molecule has 4 rings (SSSR count). The number of carbonyl (C=O) groups is 2. The molecule has 0 bridgehead atoms. The normalized spacial score (nSPS) is 17.9. The lowest BCUT2D eigenvalue weighted by Crippen LogP contribution is -2.34. The number of fused-ring (bicyclic) bond motifs is 1. The summed E-state index contributed by atoms with van der Waals surface area (Å²) in [4.78, 5) is 25.2. The zero-order chi connectivity index (χ0) is 25.4. The molecule has 0 radical (unpaired) electrons. The summed E-state index contributed by atoms with van der Waals surface area (Å²) in [5.41, 5.74) is -2.86. The van der Waals surface area contributed by atoms with E-state index in [0.29, 0.717) is 48.0 Å². The monoisotopic (exact) mass is 522 g/mol. The summed E-state index contributed by atoms with van der Waals surface area (Å²) >= 11 is 1.47. The molecule has 190 valence electrons. The Bertz CT molecular complexity index is 1090. The molecule has 0 saturated carbocycles. The second-order valence-electron chi connectivity index (χ2n) is 8.11. The molecule has 3 heterocycles. The quantitative estimate of drug-likeness (QED) is 0.556. The number of hydrogen-bond donors (Lipinski definition) is 2.